The molecule has 18 heavy (non-hydrogen) atoms. The highest BCUT2D eigenvalue weighted by Gasteiger charge is 2.02. The Hall–Kier alpha value is -1.77. The largest absolute Gasteiger partial charge is 0.261 e. The van der Waals surface area contributed by atoms with E-state index in [1.165, 1.54) is 23.4 Å². The predicted octanol–water partition coefficient (Wildman–Crippen LogP) is 3.27. The van der Waals surface area contributed by atoms with Crippen LogP contribution >= 0.6 is 0 Å². The number of aromatic nitrogens is 2. The van der Waals surface area contributed by atoms with E-state index in [9.17, 15) is 4.39 Å². The van der Waals surface area contributed by atoms with Crippen LogP contribution in [0.1, 0.15) is 29.4 Å². The SMILES string of the molecule is CCc1ncc(CCc2ccc(F)cn2)cc1C. The van der Waals surface area contributed by atoms with Crippen LogP contribution in [0.15, 0.2) is 30.6 Å². The monoisotopic (exact) mass is 244 g/mol. The van der Waals surface area contributed by atoms with Gasteiger partial charge in [0.1, 0.15) is 5.82 Å². The van der Waals surface area contributed by atoms with Gasteiger partial charge in [-0.15, -0.1) is 0 Å². The van der Waals surface area contributed by atoms with Crippen LogP contribution in [0.5, 0.6) is 0 Å². The molecule has 0 unspecified atom stereocenters. The van der Waals surface area contributed by atoms with Crippen LogP contribution in [0.3, 0.4) is 0 Å². The van der Waals surface area contributed by atoms with Crippen molar-refractivity contribution in [3.63, 3.8) is 0 Å². The van der Waals surface area contributed by atoms with E-state index in [0.717, 1.165) is 30.7 Å². The van der Waals surface area contributed by atoms with Gasteiger partial charge in [0.2, 0.25) is 0 Å². The zero-order valence-electron chi connectivity index (χ0n) is 10.8. The molecule has 0 bridgehead atoms. The first-order valence-electron chi connectivity index (χ1n) is 6.24. The van der Waals surface area contributed by atoms with E-state index in [1.54, 1.807) is 6.07 Å². The van der Waals surface area contributed by atoms with Crippen LogP contribution < -0.4 is 0 Å². The lowest BCUT2D eigenvalue weighted by Crippen LogP contribution is -1.98. The van der Waals surface area contributed by atoms with Gasteiger partial charge >= 0.3 is 0 Å². The minimum atomic E-state index is -0.288. The highest BCUT2D eigenvalue weighted by Crippen LogP contribution is 2.11. The molecule has 2 aromatic rings. The Morgan fingerprint density at radius 2 is 1.94 bits per heavy atom. The van der Waals surface area contributed by atoms with Crippen LogP contribution in [0.2, 0.25) is 0 Å². The average Bonchev–Trinajstić information content (AvgIpc) is 2.38. The van der Waals surface area contributed by atoms with Crippen LogP contribution in [0.4, 0.5) is 4.39 Å². The highest BCUT2D eigenvalue weighted by atomic mass is 19.1. The summed E-state index contributed by atoms with van der Waals surface area (Å²) in [6.07, 6.45) is 5.85. The lowest BCUT2D eigenvalue weighted by Gasteiger charge is -2.06. The van der Waals surface area contributed by atoms with E-state index in [0.29, 0.717) is 0 Å². The molecule has 0 fully saturated rings. The first-order valence-corrected chi connectivity index (χ1v) is 6.24. The summed E-state index contributed by atoms with van der Waals surface area (Å²) >= 11 is 0. The van der Waals surface area contributed by atoms with Crippen molar-refractivity contribution in [3.05, 3.63) is 58.9 Å². The molecule has 0 saturated heterocycles. The Labute approximate surface area is 107 Å². The van der Waals surface area contributed by atoms with Crippen molar-refractivity contribution < 1.29 is 4.39 Å². The van der Waals surface area contributed by atoms with Gasteiger partial charge in [-0.05, 0) is 49.4 Å². The zero-order chi connectivity index (χ0) is 13.0. The van der Waals surface area contributed by atoms with Gasteiger partial charge in [-0.25, -0.2) is 4.39 Å². The molecular formula is C15H17FN2. The fourth-order valence-electron chi connectivity index (χ4n) is 1.99. The third-order valence-electron chi connectivity index (χ3n) is 3.04. The second kappa shape index (κ2) is 5.71. The number of aryl methyl sites for hydroxylation is 4. The summed E-state index contributed by atoms with van der Waals surface area (Å²) in [4.78, 5) is 8.50. The third kappa shape index (κ3) is 3.13. The van der Waals surface area contributed by atoms with Crippen molar-refractivity contribution in [1.82, 2.24) is 9.97 Å². The number of pyridine rings is 2. The Bertz CT molecular complexity index is 521. The minimum absolute atomic E-state index is 0.288. The highest BCUT2D eigenvalue weighted by molar-refractivity contribution is 5.24. The van der Waals surface area contributed by atoms with Crippen molar-refractivity contribution in [1.29, 1.82) is 0 Å². The first-order chi connectivity index (χ1) is 8.69. The maximum atomic E-state index is 12.7. The Balaban J connectivity index is 2.02. The average molecular weight is 244 g/mol. The Kier molecular flexibility index (Phi) is 4.03. The van der Waals surface area contributed by atoms with Crippen LogP contribution in [-0.4, -0.2) is 9.97 Å². The van der Waals surface area contributed by atoms with Gasteiger partial charge in [-0.1, -0.05) is 13.0 Å². The van der Waals surface area contributed by atoms with Gasteiger partial charge in [-0.3, -0.25) is 9.97 Å². The summed E-state index contributed by atoms with van der Waals surface area (Å²) in [7, 11) is 0. The minimum Gasteiger partial charge on any atom is -0.261 e. The number of hydrogen-bond donors (Lipinski definition) is 0. The molecule has 94 valence electrons. The van der Waals surface area contributed by atoms with E-state index >= 15 is 0 Å². The second-order valence-corrected chi connectivity index (χ2v) is 4.43. The first kappa shape index (κ1) is 12.7. The summed E-state index contributed by atoms with van der Waals surface area (Å²) in [5.74, 6) is -0.288. The van der Waals surface area contributed by atoms with E-state index in [2.05, 4.69) is 29.9 Å². The molecule has 0 aliphatic rings. The maximum absolute atomic E-state index is 12.7. The van der Waals surface area contributed by atoms with Gasteiger partial charge in [0, 0.05) is 17.6 Å². The predicted molar refractivity (Wildman–Crippen MR) is 70.0 cm³/mol. The molecule has 2 heterocycles. The normalized spacial score (nSPS) is 10.6. The van der Waals surface area contributed by atoms with Gasteiger partial charge in [-0.2, -0.15) is 0 Å². The van der Waals surface area contributed by atoms with Crippen LogP contribution in [-0.2, 0) is 19.3 Å². The second-order valence-electron chi connectivity index (χ2n) is 4.43. The van der Waals surface area contributed by atoms with Crippen molar-refractivity contribution in [3.8, 4) is 0 Å². The fraction of sp³-hybridized carbons (Fsp3) is 0.333. The van der Waals surface area contributed by atoms with Gasteiger partial charge in [0.15, 0.2) is 0 Å². The molecule has 0 N–H and O–H groups in total. The molecule has 2 rings (SSSR count). The summed E-state index contributed by atoms with van der Waals surface area (Å²) in [5, 5.41) is 0. The standard InChI is InChI=1S/C15H17FN2/c1-3-15-11(2)8-12(9-18-15)4-6-14-7-5-13(16)10-17-14/h5,7-10H,3-4,6H2,1-2H3. The smallest absolute Gasteiger partial charge is 0.141 e. The molecule has 0 aromatic carbocycles. The van der Waals surface area contributed by atoms with Crippen molar-refractivity contribution >= 4 is 0 Å². The fourth-order valence-corrected chi connectivity index (χ4v) is 1.99. The molecule has 0 spiro atoms. The lowest BCUT2D eigenvalue weighted by molar-refractivity contribution is 0.619. The maximum Gasteiger partial charge on any atom is 0.141 e. The molecule has 0 atom stereocenters. The molecule has 0 aliphatic heterocycles. The molecular weight excluding hydrogens is 227 g/mol. The van der Waals surface area contributed by atoms with Gasteiger partial charge < -0.3 is 0 Å². The summed E-state index contributed by atoms with van der Waals surface area (Å²) in [6, 6.07) is 5.36. The van der Waals surface area contributed by atoms with Crippen molar-refractivity contribution in [2.45, 2.75) is 33.1 Å². The topological polar surface area (TPSA) is 25.8 Å². The summed E-state index contributed by atoms with van der Waals surface area (Å²) in [6.45, 7) is 4.20. The van der Waals surface area contributed by atoms with Crippen LogP contribution in [0.25, 0.3) is 0 Å². The molecule has 2 aromatic heterocycles. The quantitative estimate of drug-likeness (QED) is 0.825. The van der Waals surface area contributed by atoms with E-state index in [4.69, 9.17) is 0 Å². The molecule has 0 aliphatic carbocycles. The number of halogens is 1. The zero-order valence-corrected chi connectivity index (χ0v) is 10.8. The van der Waals surface area contributed by atoms with Crippen molar-refractivity contribution in [2.24, 2.45) is 0 Å². The van der Waals surface area contributed by atoms with Crippen molar-refractivity contribution in [2.75, 3.05) is 0 Å². The van der Waals surface area contributed by atoms with Gasteiger partial charge in [0.05, 0.1) is 6.20 Å². The molecule has 0 amide bonds. The summed E-state index contributed by atoms with van der Waals surface area (Å²) in [5.41, 5.74) is 4.50. The number of nitrogens with zero attached hydrogens (tertiary/aromatic N) is 2. The Morgan fingerprint density at radius 3 is 2.56 bits per heavy atom. The number of hydrogen-bond acceptors (Lipinski definition) is 2. The molecule has 2 nitrogen and oxygen atoms in total. The number of rotatable bonds is 4. The molecule has 3 heteroatoms. The van der Waals surface area contributed by atoms with E-state index in [-0.39, 0.29) is 5.82 Å². The molecule has 0 saturated carbocycles. The third-order valence-corrected chi connectivity index (χ3v) is 3.04. The van der Waals surface area contributed by atoms with E-state index in [1.807, 2.05) is 6.20 Å². The lowest BCUT2D eigenvalue weighted by atomic mass is 10.1. The molecule has 0 radical (unpaired) electrons. The Morgan fingerprint density at radius 1 is 1.11 bits per heavy atom. The van der Waals surface area contributed by atoms with E-state index < -0.39 is 0 Å². The van der Waals surface area contributed by atoms with Crippen LogP contribution in [0, 0.1) is 12.7 Å². The summed E-state index contributed by atoms with van der Waals surface area (Å²) < 4.78 is 12.7. The van der Waals surface area contributed by atoms with Gasteiger partial charge in [0.25, 0.3) is 0 Å².